The summed E-state index contributed by atoms with van der Waals surface area (Å²) in [6, 6.07) is 1.93. The van der Waals surface area contributed by atoms with Crippen molar-refractivity contribution in [2.75, 3.05) is 13.1 Å². The van der Waals surface area contributed by atoms with Crippen LogP contribution in [0.5, 0.6) is 5.75 Å². The Balaban J connectivity index is 1.99. The molecule has 1 aliphatic heterocycles. The van der Waals surface area contributed by atoms with Crippen molar-refractivity contribution in [1.82, 2.24) is 9.88 Å². The number of hydrogen-bond acceptors (Lipinski definition) is 3. The molecule has 1 fully saturated rings. The van der Waals surface area contributed by atoms with Crippen molar-refractivity contribution in [1.29, 1.82) is 0 Å². The lowest BCUT2D eigenvalue weighted by Crippen LogP contribution is -2.38. The summed E-state index contributed by atoms with van der Waals surface area (Å²) >= 11 is 6.21. The largest absolute Gasteiger partial charge is 0.485 e. The van der Waals surface area contributed by atoms with Gasteiger partial charge in [0.25, 0.3) is 0 Å². The molecule has 1 aromatic heterocycles. The van der Waals surface area contributed by atoms with E-state index in [0.717, 1.165) is 24.9 Å². The van der Waals surface area contributed by atoms with Gasteiger partial charge in [0.15, 0.2) is 10.9 Å². The standard InChI is InChI=1S/C21H31ClN2O2/c1-6-15(2)8-7-9-16-12-18(19(22)23-13-16)26-17-10-11-24(14-17)20(25)21(3,4)5/h7,9,12-13,15,17H,6,8,10-11,14H2,1-5H3/b9-7+/t15-,17-/m1/s1. The van der Waals surface area contributed by atoms with Crippen LogP contribution in [0.1, 0.15) is 59.4 Å². The van der Waals surface area contributed by atoms with Gasteiger partial charge >= 0.3 is 0 Å². The third-order valence-electron chi connectivity index (χ3n) is 4.74. The van der Waals surface area contributed by atoms with Crippen LogP contribution in [-0.2, 0) is 4.79 Å². The fourth-order valence-corrected chi connectivity index (χ4v) is 3.03. The monoisotopic (exact) mass is 378 g/mol. The molecule has 4 nitrogen and oxygen atoms in total. The Morgan fingerprint density at radius 2 is 2.23 bits per heavy atom. The Hall–Kier alpha value is -1.55. The van der Waals surface area contributed by atoms with Gasteiger partial charge in [0, 0.05) is 24.6 Å². The Labute approximate surface area is 162 Å². The van der Waals surface area contributed by atoms with Crippen LogP contribution in [0.4, 0.5) is 0 Å². The Bertz CT molecular complexity index is 652. The minimum atomic E-state index is -0.367. The summed E-state index contributed by atoms with van der Waals surface area (Å²) < 4.78 is 6.07. The molecular formula is C21H31ClN2O2. The first-order chi connectivity index (χ1) is 12.2. The van der Waals surface area contributed by atoms with Gasteiger partial charge in [-0.15, -0.1) is 0 Å². The molecule has 2 atom stereocenters. The molecule has 1 aliphatic rings. The van der Waals surface area contributed by atoms with Crippen molar-refractivity contribution >= 4 is 23.6 Å². The number of aromatic nitrogens is 1. The maximum atomic E-state index is 12.4. The number of hydrogen-bond donors (Lipinski definition) is 0. The first kappa shape index (κ1) is 20.8. The van der Waals surface area contributed by atoms with Gasteiger partial charge < -0.3 is 9.64 Å². The third-order valence-corrected chi connectivity index (χ3v) is 5.03. The summed E-state index contributed by atoms with van der Waals surface area (Å²) in [6.45, 7) is 11.6. The van der Waals surface area contributed by atoms with Crippen molar-refractivity contribution in [3.8, 4) is 5.75 Å². The van der Waals surface area contributed by atoms with Gasteiger partial charge in [-0.1, -0.05) is 64.8 Å². The van der Waals surface area contributed by atoms with Crippen molar-refractivity contribution in [3.63, 3.8) is 0 Å². The second-order valence-corrected chi connectivity index (χ2v) is 8.60. The number of carbonyl (C=O) groups is 1. The molecule has 2 rings (SSSR count). The highest BCUT2D eigenvalue weighted by molar-refractivity contribution is 6.30. The van der Waals surface area contributed by atoms with Crippen LogP contribution in [-0.4, -0.2) is 35.0 Å². The highest BCUT2D eigenvalue weighted by atomic mass is 35.5. The molecule has 26 heavy (non-hydrogen) atoms. The van der Waals surface area contributed by atoms with E-state index >= 15 is 0 Å². The Morgan fingerprint density at radius 1 is 1.50 bits per heavy atom. The van der Waals surface area contributed by atoms with E-state index in [1.807, 2.05) is 31.7 Å². The van der Waals surface area contributed by atoms with Crippen molar-refractivity contribution < 1.29 is 9.53 Å². The lowest BCUT2D eigenvalue weighted by molar-refractivity contribution is -0.138. The van der Waals surface area contributed by atoms with Crippen molar-refractivity contribution in [2.24, 2.45) is 11.3 Å². The van der Waals surface area contributed by atoms with Gasteiger partial charge in [-0.25, -0.2) is 4.98 Å². The van der Waals surface area contributed by atoms with Gasteiger partial charge in [0.05, 0.1) is 6.54 Å². The van der Waals surface area contributed by atoms with E-state index < -0.39 is 0 Å². The van der Waals surface area contributed by atoms with Crippen LogP contribution in [0.15, 0.2) is 18.3 Å². The fourth-order valence-electron chi connectivity index (χ4n) is 2.88. The molecule has 0 radical (unpaired) electrons. The summed E-state index contributed by atoms with van der Waals surface area (Å²) in [5.41, 5.74) is 0.613. The number of halogens is 1. The highest BCUT2D eigenvalue weighted by Gasteiger charge is 2.33. The molecule has 0 bridgehead atoms. The molecule has 5 heteroatoms. The quantitative estimate of drug-likeness (QED) is 0.638. The number of pyridine rings is 1. The lowest BCUT2D eigenvalue weighted by atomic mass is 9.95. The molecule has 0 spiro atoms. The average molecular weight is 379 g/mol. The summed E-state index contributed by atoms with van der Waals surface area (Å²) in [4.78, 5) is 18.5. The summed E-state index contributed by atoms with van der Waals surface area (Å²) in [5.74, 6) is 1.43. The Morgan fingerprint density at radius 3 is 2.88 bits per heavy atom. The predicted molar refractivity (Wildman–Crippen MR) is 107 cm³/mol. The van der Waals surface area contributed by atoms with Crippen LogP contribution >= 0.6 is 11.6 Å². The number of ether oxygens (including phenoxy) is 1. The van der Waals surface area contributed by atoms with Gasteiger partial charge in [0.2, 0.25) is 5.91 Å². The molecular weight excluding hydrogens is 348 g/mol. The minimum Gasteiger partial charge on any atom is -0.485 e. The number of likely N-dealkylation sites (tertiary alicyclic amines) is 1. The van der Waals surface area contributed by atoms with Crippen LogP contribution in [0.25, 0.3) is 6.08 Å². The molecule has 0 N–H and O–H groups in total. The lowest BCUT2D eigenvalue weighted by Gasteiger charge is -2.25. The molecule has 1 amide bonds. The van der Waals surface area contributed by atoms with Crippen LogP contribution in [0.2, 0.25) is 5.15 Å². The van der Waals surface area contributed by atoms with E-state index in [9.17, 15) is 4.79 Å². The zero-order chi connectivity index (χ0) is 19.3. The Kier molecular flexibility index (Phi) is 7.10. The van der Waals surface area contributed by atoms with Crippen LogP contribution in [0.3, 0.4) is 0 Å². The number of allylic oxidation sites excluding steroid dienone is 1. The summed E-state index contributed by atoms with van der Waals surface area (Å²) in [7, 11) is 0. The zero-order valence-corrected chi connectivity index (χ0v) is 17.3. The summed E-state index contributed by atoms with van der Waals surface area (Å²) in [6.07, 6.45) is 8.97. The molecule has 144 valence electrons. The number of amides is 1. The molecule has 0 aliphatic carbocycles. The first-order valence-electron chi connectivity index (χ1n) is 9.48. The van der Waals surface area contributed by atoms with Crippen LogP contribution in [0, 0.1) is 11.3 Å². The van der Waals surface area contributed by atoms with E-state index in [-0.39, 0.29) is 17.4 Å². The summed E-state index contributed by atoms with van der Waals surface area (Å²) in [5, 5.41) is 0.365. The van der Waals surface area contributed by atoms with Gasteiger partial charge in [-0.2, -0.15) is 0 Å². The smallest absolute Gasteiger partial charge is 0.228 e. The van der Waals surface area contributed by atoms with Gasteiger partial charge in [-0.3, -0.25) is 4.79 Å². The first-order valence-corrected chi connectivity index (χ1v) is 9.86. The SMILES string of the molecule is CC[C@@H](C)C/C=C/c1cnc(Cl)c(O[C@@H]2CCN(C(=O)C(C)(C)C)C2)c1. The zero-order valence-electron chi connectivity index (χ0n) is 16.6. The van der Waals surface area contributed by atoms with E-state index in [4.69, 9.17) is 16.3 Å². The molecule has 0 unspecified atom stereocenters. The molecule has 0 aromatic carbocycles. The number of rotatable bonds is 6. The number of carbonyl (C=O) groups excluding carboxylic acids is 1. The fraction of sp³-hybridized carbons (Fsp3) is 0.619. The maximum absolute atomic E-state index is 12.4. The van der Waals surface area contributed by atoms with Gasteiger partial charge in [0.1, 0.15) is 6.10 Å². The molecule has 1 aromatic rings. The van der Waals surface area contributed by atoms with Gasteiger partial charge in [-0.05, 0) is 24.0 Å². The second kappa shape index (κ2) is 8.90. The second-order valence-electron chi connectivity index (χ2n) is 8.24. The van der Waals surface area contributed by atoms with E-state index in [1.54, 1.807) is 6.20 Å². The highest BCUT2D eigenvalue weighted by Crippen LogP contribution is 2.28. The normalized spacial score (nSPS) is 19.2. The van der Waals surface area contributed by atoms with E-state index in [1.165, 1.54) is 6.42 Å². The van der Waals surface area contributed by atoms with Crippen LogP contribution < -0.4 is 4.74 Å². The molecule has 2 heterocycles. The van der Waals surface area contributed by atoms with Crippen molar-refractivity contribution in [3.05, 3.63) is 29.1 Å². The minimum absolute atomic E-state index is 0.0417. The number of nitrogens with zero attached hydrogens (tertiary/aromatic N) is 2. The maximum Gasteiger partial charge on any atom is 0.228 e. The molecule has 0 saturated carbocycles. The topological polar surface area (TPSA) is 42.4 Å². The third kappa shape index (κ3) is 5.73. The predicted octanol–water partition coefficient (Wildman–Crippen LogP) is 5.21. The van der Waals surface area contributed by atoms with Crippen molar-refractivity contribution in [2.45, 2.75) is 60.0 Å². The molecule has 1 saturated heterocycles. The van der Waals surface area contributed by atoms with E-state index in [0.29, 0.717) is 23.4 Å². The van der Waals surface area contributed by atoms with E-state index in [2.05, 4.69) is 31.0 Å². The average Bonchev–Trinajstić information content (AvgIpc) is 3.04.